The molecule has 1 fully saturated rings. The third kappa shape index (κ3) is 2.39. The Labute approximate surface area is 127 Å². The van der Waals surface area contributed by atoms with Crippen molar-refractivity contribution in [3.8, 4) is 5.69 Å². The van der Waals surface area contributed by atoms with Crippen LogP contribution in [0.15, 0.2) is 36.5 Å². The maximum atomic E-state index is 5.61. The second kappa shape index (κ2) is 5.69. The molecule has 0 spiro atoms. The lowest BCUT2D eigenvalue weighted by Crippen LogP contribution is -2.19. The Morgan fingerprint density at radius 2 is 2.14 bits per heavy atom. The van der Waals surface area contributed by atoms with E-state index in [1.165, 1.54) is 0 Å². The molecular formula is C15H16N6O. The van der Waals surface area contributed by atoms with Crippen LogP contribution in [0.5, 0.6) is 0 Å². The van der Waals surface area contributed by atoms with Crippen molar-refractivity contribution in [1.29, 1.82) is 0 Å². The number of aromatic nitrogens is 5. The van der Waals surface area contributed by atoms with Crippen molar-refractivity contribution in [2.24, 2.45) is 0 Å². The van der Waals surface area contributed by atoms with Gasteiger partial charge in [-0.15, -0.1) is 10.2 Å². The van der Waals surface area contributed by atoms with Gasteiger partial charge < -0.3 is 10.1 Å². The highest BCUT2D eigenvalue weighted by atomic mass is 16.5. The number of anilines is 1. The Hall–Kier alpha value is -2.54. The molecule has 3 aromatic rings. The van der Waals surface area contributed by atoms with E-state index in [9.17, 15) is 0 Å². The average Bonchev–Trinajstić information content (AvgIpc) is 3.23. The number of ether oxygens (including phenoxy) is 1. The molecule has 1 aromatic carbocycles. The zero-order valence-corrected chi connectivity index (χ0v) is 12.0. The summed E-state index contributed by atoms with van der Waals surface area (Å²) in [5, 5.41) is 20.6. The van der Waals surface area contributed by atoms with Gasteiger partial charge in [0.05, 0.1) is 23.4 Å². The molecule has 7 heteroatoms. The van der Waals surface area contributed by atoms with Crippen molar-refractivity contribution in [3.05, 3.63) is 36.5 Å². The van der Waals surface area contributed by atoms with Gasteiger partial charge >= 0.3 is 0 Å². The number of rotatable bonds is 4. The molecule has 22 heavy (non-hydrogen) atoms. The SMILES string of the molecule is c1ccc(-n2ncc3c(NC[C@H]4CCCO4)nnnc32)cc1. The minimum atomic E-state index is 0.245. The molecule has 112 valence electrons. The molecule has 1 saturated heterocycles. The Morgan fingerprint density at radius 3 is 2.95 bits per heavy atom. The molecule has 0 aliphatic carbocycles. The minimum Gasteiger partial charge on any atom is -0.376 e. The minimum absolute atomic E-state index is 0.245. The second-order valence-corrected chi connectivity index (χ2v) is 5.28. The highest BCUT2D eigenvalue weighted by molar-refractivity contribution is 5.86. The predicted molar refractivity (Wildman–Crippen MR) is 81.9 cm³/mol. The van der Waals surface area contributed by atoms with E-state index in [0.29, 0.717) is 11.5 Å². The molecule has 0 radical (unpaired) electrons. The normalized spacial score (nSPS) is 17.9. The summed E-state index contributed by atoms with van der Waals surface area (Å²) in [6, 6.07) is 9.86. The van der Waals surface area contributed by atoms with Crippen LogP contribution in [0.2, 0.25) is 0 Å². The lowest BCUT2D eigenvalue weighted by Gasteiger charge is -2.10. The maximum absolute atomic E-state index is 5.61. The lowest BCUT2D eigenvalue weighted by atomic mass is 10.2. The molecule has 3 heterocycles. The summed E-state index contributed by atoms with van der Waals surface area (Å²) in [5.41, 5.74) is 1.64. The fraction of sp³-hybridized carbons (Fsp3) is 0.333. The summed E-state index contributed by atoms with van der Waals surface area (Å²) >= 11 is 0. The molecule has 1 N–H and O–H groups in total. The smallest absolute Gasteiger partial charge is 0.190 e. The zero-order chi connectivity index (χ0) is 14.8. The number of hydrogen-bond donors (Lipinski definition) is 1. The van der Waals surface area contributed by atoms with Gasteiger partial charge in [0.2, 0.25) is 0 Å². The van der Waals surface area contributed by atoms with Crippen LogP contribution in [0.1, 0.15) is 12.8 Å². The third-order valence-electron chi connectivity index (χ3n) is 3.81. The van der Waals surface area contributed by atoms with E-state index in [2.05, 4.69) is 25.8 Å². The Morgan fingerprint density at radius 1 is 1.23 bits per heavy atom. The van der Waals surface area contributed by atoms with E-state index in [0.717, 1.165) is 37.1 Å². The van der Waals surface area contributed by atoms with Gasteiger partial charge in [0.15, 0.2) is 11.5 Å². The molecule has 2 aromatic heterocycles. The van der Waals surface area contributed by atoms with Crippen LogP contribution in [-0.4, -0.2) is 44.4 Å². The fourth-order valence-corrected chi connectivity index (χ4v) is 2.67. The van der Waals surface area contributed by atoms with E-state index < -0.39 is 0 Å². The van der Waals surface area contributed by atoms with Gasteiger partial charge in [0.25, 0.3) is 0 Å². The fourth-order valence-electron chi connectivity index (χ4n) is 2.67. The molecule has 4 rings (SSSR count). The van der Waals surface area contributed by atoms with Gasteiger partial charge in [-0.05, 0) is 30.2 Å². The van der Waals surface area contributed by atoms with Crippen LogP contribution in [0, 0.1) is 0 Å². The first kappa shape index (κ1) is 13.1. The van der Waals surface area contributed by atoms with Crippen LogP contribution in [-0.2, 0) is 4.74 Å². The Balaban J connectivity index is 1.65. The van der Waals surface area contributed by atoms with Gasteiger partial charge in [0, 0.05) is 13.2 Å². The van der Waals surface area contributed by atoms with Crippen LogP contribution in [0.4, 0.5) is 5.82 Å². The van der Waals surface area contributed by atoms with Crippen molar-refractivity contribution >= 4 is 16.9 Å². The summed E-state index contributed by atoms with van der Waals surface area (Å²) in [6.45, 7) is 1.57. The molecule has 0 unspecified atom stereocenters. The standard InChI is InChI=1S/C15H16N6O/c1-2-5-11(6-3-1)21-15-13(10-17-21)14(18-20-19-15)16-9-12-7-4-8-22-12/h1-3,5-6,10,12H,4,7-9H2,(H,16,18,19)/t12-/m1/s1. The summed E-state index contributed by atoms with van der Waals surface area (Å²) < 4.78 is 7.38. The van der Waals surface area contributed by atoms with Gasteiger partial charge in [-0.25, -0.2) is 4.68 Å². The van der Waals surface area contributed by atoms with Crippen LogP contribution < -0.4 is 5.32 Å². The number of benzene rings is 1. The quantitative estimate of drug-likeness (QED) is 0.791. The molecule has 1 aliphatic rings. The van der Waals surface area contributed by atoms with Crippen LogP contribution in [0.3, 0.4) is 0 Å². The van der Waals surface area contributed by atoms with Gasteiger partial charge in [-0.3, -0.25) is 0 Å². The van der Waals surface area contributed by atoms with E-state index in [-0.39, 0.29) is 6.10 Å². The van der Waals surface area contributed by atoms with Crippen molar-refractivity contribution in [1.82, 2.24) is 25.2 Å². The average molecular weight is 296 g/mol. The van der Waals surface area contributed by atoms with Gasteiger partial charge in [-0.1, -0.05) is 18.2 Å². The van der Waals surface area contributed by atoms with Gasteiger partial charge in [0.1, 0.15) is 0 Å². The van der Waals surface area contributed by atoms with Crippen molar-refractivity contribution < 1.29 is 4.74 Å². The summed E-state index contributed by atoms with van der Waals surface area (Å²) in [6.07, 6.45) is 4.21. The molecule has 0 amide bonds. The first-order valence-corrected chi connectivity index (χ1v) is 7.40. The molecule has 7 nitrogen and oxygen atoms in total. The first-order valence-electron chi connectivity index (χ1n) is 7.40. The largest absolute Gasteiger partial charge is 0.376 e. The molecule has 0 saturated carbocycles. The summed E-state index contributed by atoms with van der Waals surface area (Å²) in [7, 11) is 0. The monoisotopic (exact) mass is 296 g/mol. The van der Waals surface area contributed by atoms with E-state index in [1.807, 2.05) is 30.3 Å². The number of nitrogens with zero attached hydrogens (tertiary/aromatic N) is 5. The first-order chi connectivity index (χ1) is 10.9. The Bertz CT molecular complexity index is 766. The van der Waals surface area contributed by atoms with Crippen molar-refractivity contribution in [2.45, 2.75) is 18.9 Å². The summed E-state index contributed by atoms with van der Waals surface area (Å²) in [4.78, 5) is 0. The highest BCUT2D eigenvalue weighted by Crippen LogP contribution is 2.21. The van der Waals surface area contributed by atoms with Crippen LogP contribution in [0.25, 0.3) is 16.7 Å². The van der Waals surface area contributed by atoms with E-state index in [1.54, 1.807) is 10.9 Å². The Kier molecular flexibility index (Phi) is 3.40. The lowest BCUT2D eigenvalue weighted by molar-refractivity contribution is 0.120. The maximum Gasteiger partial charge on any atom is 0.190 e. The summed E-state index contributed by atoms with van der Waals surface area (Å²) in [5.74, 6) is 0.697. The molecular weight excluding hydrogens is 280 g/mol. The highest BCUT2D eigenvalue weighted by Gasteiger charge is 2.17. The van der Waals surface area contributed by atoms with Crippen molar-refractivity contribution in [3.63, 3.8) is 0 Å². The number of hydrogen-bond acceptors (Lipinski definition) is 6. The van der Waals surface area contributed by atoms with E-state index >= 15 is 0 Å². The van der Waals surface area contributed by atoms with Gasteiger partial charge in [-0.2, -0.15) is 5.10 Å². The topological polar surface area (TPSA) is 77.8 Å². The number of para-hydroxylation sites is 1. The number of fused-ring (bicyclic) bond motifs is 1. The molecule has 1 aliphatic heterocycles. The molecule has 1 atom stereocenters. The zero-order valence-electron chi connectivity index (χ0n) is 12.0. The van der Waals surface area contributed by atoms with Crippen LogP contribution >= 0.6 is 0 Å². The number of nitrogens with one attached hydrogen (secondary N) is 1. The van der Waals surface area contributed by atoms with Crippen molar-refractivity contribution in [2.75, 3.05) is 18.5 Å². The third-order valence-corrected chi connectivity index (χ3v) is 3.81. The second-order valence-electron chi connectivity index (χ2n) is 5.28. The molecule has 0 bridgehead atoms. The van der Waals surface area contributed by atoms with E-state index in [4.69, 9.17) is 4.74 Å². The predicted octanol–water partition coefficient (Wildman–Crippen LogP) is 1.80.